The molecule has 1 fully saturated rings. The van der Waals surface area contributed by atoms with Gasteiger partial charge in [-0.2, -0.15) is 0 Å². The minimum absolute atomic E-state index is 0.0340. The number of nitro groups is 1. The molecule has 1 aromatic heterocycles. The second-order valence-electron chi connectivity index (χ2n) is 6.91. The van der Waals surface area contributed by atoms with Crippen LogP contribution in [0.4, 0.5) is 5.69 Å². The molecule has 1 aliphatic rings. The molecule has 1 aliphatic heterocycles. The Morgan fingerprint density at radius 2 is 2.00 bits per heavy atom. The number of nitrogens with one attached hydrogen (secondary N) is 2. The van der Waals surface area contributed by atoms with Crippen LogP contribution in [-0.4, -0.2) is 61.0 Å². The lowest BCUT2D eigenvalue weighted by atomic mass is 10.1. The van der Waals surface area contributed by atoms with Crippen molar-refractivity contribution in [1.82, 2.24) is 15.5 Å². The Hall–Kier alpha value is -3.50. The van der Waals surface area contributed by atoms with Crippen LogP contribution in [-0.2, 0) is 9.53 Å². The largest absolute Gasteiger partial charge is 0.459 e. The van der Waals surface area contributed by atoms with E-state index in [1.165, 1.54) is 36.6 Å². The molecule has 1 saturated heterocycles. The van der Waals surface area contributed by atoms with Crippen LogP contribution in [0.1, 0.15) is 22.5 Å². The first kappa shape index (κ1) is 22.2. The van der Waals surface area contributed by atoms with Crippen LogP contribution >= 0.6 is 0 Å². The molecular formula is C21H24N4O6. The van der Waals surface area contributed by atoms with Crippen molar-refractivity contribution in [3.8, 4) is 0 Å². The molecule has 3 rings (SSSR count). The van der Waals surface area contributed by atoms with Gasteiger partial charge in [0.25, 0.3) is 17.5 Å². The Balaban J connectivity index is 1.67. The first-order valence-electron chi connectivity index (χ1n) is 9.92. The summed E-state index contributed by atoms with van der Waals surface area (Å²) in [7, 11) is 0. The molecule has 1 aromatic carbocycles. The zero-order chi connectivity index (χ0) is 22.1. The summed E-state index contributed by atoms with van der Waals surface area (Å²) in [6.07, 6.45) is 3.48. The Labute approximate surface area is 179 Å². The lowest BCUT2D eigenvalue weighted by molar-refractivity contribution is -0.384. The zero-order valence-corrected chi connectivity index (χ0v) is 16.9. The van der Waals surface area contributed by atoms with Gasteiger partial charge in [0, 0.05) is 31.8 Å². The van der Waals surface area contributed by atoms with Gasteiger partial charge in [-0.15, -0.1) is 0 Å². The predicted octanol–water partition coefficient (Wildman–Crippen LogP) is 1.80. The van der Waals surface area contributed by atoms with Crippen molar-refractivity contribution in [3.63, 3.8) is 0 Å². The van der Waals surface area contributed by atoms with Crippen molar-refractivity contribution < 1.29 is 23.7 Å². The van der Waals surface area contributed by atoms with Crippen LogP contribution in [0.3, 0.4) is 0 Å². The molecule has 0 bridgehead atoms. The number of non-ortho nitro benzene ring substituents is 1. The summed E-state index contributed by atoms with van der Waals surface area (Å²) in [5.74, 6) is -1.04. The van der Waals surface area contributed by atoms with Gasteiger partial charge in [-0.25, -0.2) is 0 Å². The molecule has 10 heteroatoms. The van der Waals surface area contributed by atoms with E-state index in [0.717, 1.165) is 26.1 Å². The molecule has 31 heavy (non-hydrogen) atoms. The fourth-order valence-electron chi connectivity index (χ4n) is 3.07. The van der Waals surface area contributed by atoms with E-state index < -0.39 is 16.7 Å². The van der Waals surface area contributed by atoms with Gasteiger partial charge in [0.1, 0.15) is 5.70 Å². The minimum Gasteiger partial charge on any atom is -0.459 e. The molecule has 2 aromatic rings. The number of amides is 2. The molecule has 0 radical (unpaired) electrons. The zero-order valence-electron chi connectivity index (χ0n) is 16.9. The molecule has 0 saturated carbocycles. The minimum atomic E-state index is -0.592. The average Bonchev–Trinajstić information content (AvgIpc) is 3.32. The SMILES string of the molecule is O=C(NCCCN1CCOCC1)/C(=C\c1cccc([N+](=O)[O-])c1)NC(=O)c1ccco1. The molecule has 0 unspecified atom stereocenters. The van der Waals surface area contributed by atoms with Gasteiger partial charge < -0.3 is 19.8 Å². The van der Waals surface area contributed by atoms with E-state index in [1.54, 1.807) is 12.1 Å². The van der Waals surface area contributed by atoms with Crippen molar-refractivity contribution in [2.45, 2.75) is 6.42 Å². The number of furan rings is 1. The van der Waals surface area contributed by atoms with Gasteiger partial charge in [0.05, 0.1) is 24.4 Å². The number of morpholine rings is 1. The number of ether oxygens (including phenoxy) is 1. The van der Waals surface area contributed by atoms with Crippen LogP contribution in [0.25, 0.3) is 6.08 Å². The highest BCUT2D eigenvalue weighted by molar-refractivity contribution is 6.04. The quantitative estimate of drug-likeness (QED) is 0.270. The molecule has 2 amide bonds. The van der Waals surface area contributed by atoms with Crippen molar-refractivity contribution in [1.29, 1.82) is 0 Å². The number of rotatable bonds is 9. The van der Waals surface area contributed by atoms with Crippen molar-refractivity contribution >= 4 is 23.6 Å². The van der Waals surface area contributed by atoms with Gasteiger partial charge in [0.2, 0.25) is 0 Å². The van der Waals surface area contributed by atoms with Gasteiger partial charge in [0.15, 0.2) is 5.76 Å². The summed E-state index contributed by atoms with van der Waals surface area (Å²) in [5, 5.41) is 16.3. The maximum atomic E-state index is 12.7. The number of hydrogen-bond acceptors (Lipinski definition) is 7. The van der Waals surface area contributed by atoms with E-state index in [1.807, 2.05) is 0 Å². The number of hydrogen-bond donors (Lipinski definition) is 2. The molecule has 2 N–H and O–H groups in total. The Kier molecular flexibility index (Phi) is 7.91. The molecule has 10 nitrogen and oxygen atoms in total. The first-order chi connectivity index (χ1) is 15.0. The van der Waals surface area contributed by atoms with Crippen LogP contribution in [0.15, 0.2) is 52.8 Å². The van der Waals surface area contributed by atoms with Crippen LogP contribution in [0.2, 0.25) is 0 Å². The maximum absolute atomic E-state index is 12.7. The number of carbonyl (C=O) groups is 2. The number of nitrogens with zero attached hydrogens (tertiary/aromatic N) is 2. The Morgan fingerprint density at radius 1 is 1.19 bits per heavy atom. The summed E-state index contributed by atoms with van der Waals surface area (Å²) in [4.78, 5) is 37.9. The first-order valence-corrected chi connectivity index (χ1v) is 9.92. The highest BCUT2D eigenvalue weighted by Crippen LogP contribution is 2.15. The van der Waals surface area contributed by atoms with Crippen LogP contribution in [0, 0.1) is 10.1 Å². The molecule has 0 atom stereocenters. The second kappa shape index (κ2) is 11.0. The van der Waals surface area contributed by atoms with Crippen molar-refractivity contribution in [2.75, 3.05) is 39.4 Å². The summed E-state index contributed by atoms with van der Waals surface area (Å²) in [5.41, 5.74) is 0.261. The Morgan fingerprint density at radius 3 is 2.71 bits per heavy atom. The third-order valence-corrected chi connectivity index (χ3v) is 4.67. The molecule has 2 heterocycles. The van der Waals surface area contributed by atoms with Gasteiger partial charge in [-0.1, -0.05) is 12.1 Å². The van der Waals surface area contributed by atoms with Crippen LogP contribution < -0.4 is 10.6 Å². The number of benzene rings is 1. The molecular weight excluding hydrogens is 404 g/mol. The van der Waals surface area contributed by atoms with Crippen LogP contribution in [0.5, 0.6) is 0 Å². The number of nitro benzene ring substituents is 1. The third kappa shape index (κ3) is 6.76. The molecule has 0 aliphatic carbocycles. The van der Waals surface area contributed by atoms with E-state index in [-0.39, 0.29) is 17.1 Å². The number of carbonyl (C=O) groups excluding carboxylic acids is 2. The normalized spacial score (nSPS) is 14.8. The lowest BCUT2D eigenvalue weighted by Gasteiger charge is -2.26. The van der Waals surface area contributed by atoms with E-state index in [9.17, 15) is 19.7 Å². The summed E-state index contributed by atoms with van der Waals surface area (Å²) >= 11 is 0. The summed E-state index contributed by atoms with van der Waals surface area (Å²) in [6, 6.07) is 8.83. The van der Waals surface area contributed by atoms with E-state index in [4.69, 9.17) is 9.15 Å². The summed E-state index contributed by atoms with van der Waals surface area (Å²) in [6.45, 7) is 4.39. The van der Waals surface area contributed by atoms with E-state index in [0.29, 0.717) is 25.3 Å². The van der Waals surface area contributed by atoms with E-state index >= 15 is 0 Å². The highest BCUT2D eigenvalue weighted by atomic mass is 16.6. The van der Waals surface area contributed by atoms with Gasteiger partial charge >= 0.3 is 0 Å². The topological polar surface area (TPSA) is 127 Å². The standard InChI is InChI=1S/C21H24N4O6/c26-20(22-7-3-8-24-9-12-30-13-10-24)18(23-21(27)19-6-2-11-31-19)15-16-4-1-5-17(14-16)25(28)29/h1-2,4-6,11,14-15H,3,7-10,12-13H2,(H,22,26)(H,23,27)/b18-15+. The monoisotopic (exact) mass is 428 g/mol. The van der Waals surface area contributed by atoms with Gasteiger partial charge in [-0.05, 0) is 36.7 Å². The third-order valence-electron chi connectivity index (χ3n) is 4.67. The average molecular weight is 428 g/mol. The fraction of sp³-hybridized carbons (Fsp3) is 0.333. The lowest BCUT2D eigenvalue weighted by Crippen LogP contribution is -2.39. The van der Waals surface area contributed by atoms with Crippen molar-refractivity contribution in [2.24, 2.45) is 0 Å². The van der Waals surface area contributed by atoms with E-state index in [2.05, 4.69) is 15.5 Å². The highest BCUT2D eigenvalue weighted by Gasteiger charge is 2.17. The smallest absolute Gasteiger partial charge is 0.291 e. The molecule has 0 spiro atoms. The molecule has 164 valence electrons. The van der Waals surface area contributed by atoms with Crippen molar-refractivity contribution in [3.05, 3.63) is 69.8 Å². The fourth-order valence-corrected chi connectivity index (χ4v) is 3.07. The predicted molar refractivity (Wildman–Crippen MR) is 112 cm³/mol. The maximum Gasteiger partial charge on any atom is 0.291 e. The van der Waals surface area contributed by atoms with Gasteiger partial charge in [-0.3, -0.25) is 24.6 Å². The second-order valence-corrected chi connectivity index (χ2v) is 6.91. The summed E-state index contributed by atoms with van der Waals surface area (Å²) < 4.78 is 10.4. The Bertz CT molecular complexity index is 935.